The number of aromatic amines is 1. The Morgan fingerprint density at radius 1 is 1.05 bits per heavy atom. The Hall–Kier alpha value is -2.55. The molecule has 3 heteroatoms. The number of aromatic nitrogens is 1. The van der Waals surface area contributed by atoms with Crippen molar-refractivity contribution in [1.29, 1.82) is 0 Å². The van der Waals surface area contributed by atoms with Gasteiger partial charge in [0, 0.05) is 29.1 Å². The third-order valence-corrected chi connectivity index (χ3v) is 3.06. The van der Waals surface area contributed by atoms with Gasteiger partial charge in [-0.1, -0.05) is 36.4 Å². The molecular weight excluding hydrogens is 236 g/mol. The van der Waals surface area contributed by atoms with Gasteiger partial charge in [0.05, 0.1) is 5.69 Å². The van der Waals surface area contributed by atoms with Gasteiger partial charge < -0.3 is 10.3 Å². The number of amides is 1. The van der Waals surface area contributed by atoms with Crippen molar-refractivity contribution in [3.63, 3.8) is 0 Å². The van der Waals surface area contributed by atoms with Crippen molar-refractivity contribution in [2.75, 3.05) is 5.32 Å². The predicted molar refractivity (Wildman–Crippen MR) is 78.0 cm³/mol. The van der Waals surface area contributed by atoms with Crippen LogP contribution < -0.4 is 5.32 Å². The zero-order valence-corrected chi connectivity index (χ0v) is 10.6. The molecule has 0 aliphatic heterocycles. The van der Waals surface area contributed by atoms with Crippen LogP contribution in [0.25, 0.3) is 22.2 Å². The van der Waals surface area contributed by atoms with Crippen molar-refractivity contribution >= 4 is 22.5 Å². The Morgan fingerprint density at radius 3 is 2.58 bits per heavy atom. The Bertz CT molecular complexity index is 710. The normalized spacial score (nSPS) is 10.6. The summed E-state index contributed by atoms with van der Waals surface area (Å²) in [5, 5.41) is 4.02. The smallest absolute Gasteiger partial charge is 0.221 e. The molecule has 2 N–H and O–H groups in total. The number of nitrogens with one attached hydrogen (secondary N) is 2. The number of carbonyl (C=O) groups is 1. The molecule has 3 aromatic rings. The maximum Gasteiger partial charge on any atom is 0.221 e. The molecule has 0 saturated carbocycles. The molecule has 19 heavy (non-hydrogen) atoms. The number of para-hydroxylation sites is 2. The van der Waals surface area contributed by atoms with Crippen LogP contribution in [-0.4, -0.2) is 10.9 Å². The summed E-state index contributed by atoms with van der Waals surface area (Å²) in [6.45, 7) is 1.52. The Balaban J connectivity index is 2.13. The van der Waals surface area contributed by atoms with E-state index in [1.807, 2.05) is 42.5 Å². The third kappa shape index (κ3) is 2.22. The Morgan fingerprint density at radius 2 is 1.79 bits per heavy atom. The van der Waals surface area contributed by atoms with Crippen LogP contribution in [0.15, 0.2) is 54.6 Å². The summed E-state index contributed by atoms with van der Waals surface area (Å²) in [7, 11) is 0. The fourth-order valence-electron chi connectivity index (χ4n) is 2.24. The average Bonchev–Trinajstić information content (AvgIpc) is 2.82. The number of anilines is 1. The maximum absolute atomic E-state index is 11.2. The fraction of sp³-hybridized carbons (Fsp3) is 0.0625. The lowest BCUT2D eigenvalue weighted by molar-refractivity contribution is -0.114. The van der Waals surface area contributed by atoms with Crippen LogP contribution in [0.2, 0.25) is 0 Å². The highest BCUT2D eigenvalue weighted by molar-refractivity contribution is 5.95. The van der Waals surface area contributed by atoms with Gasteiger partial charge in [0.25, 0.3) is 0 Å². The van der Waals surface area contributed by atoms with E-state index in [0.29, 0.717) is 0 Å². The van der Waals surface area contributed by atoms with Gasteiger partial charge in [-0.2, -0.15) is 0 Å². The molecule has 0 atom stereocenters. The highest BCUT2D eigenvalue weighted by Crippen LogP contribution is 2.29. The molecule has 1 aromatic heterocycles. The van der Waals surface area contributed by atoms with E-state index in [9.17, 15) is 4.79 Å². The second kappa shape index (κ2) is 4.61. The molecule has 0 aliphatic carbocycles. The minimum Gasteiger partial charge on any atom is -0.354 e. The predicted octanol–water partition coefficient (Wildman–Crippen LogP) is 3.79. The van der Waals surface area contributed by atoms with Gasteiger partial charge in [-0.25, -0.2) is 0 Å². The van der Waals surface area contributed by atoms with Gasteiger partial charge in [-0.15, -0.1) is 0 Å². The zero-order valence-electron chi connectivity index (χ0n) is 10.6. The van der Waals surface area contributed by atoms with Crippen molar-refractivity contribution in [3.8, 4) is 11.3 Å². The standard InChI is InChI=1S/C16H14N2O/c1-11(19)17-15-9-5-3-7-13(15)16-10-12-6-2-4-8-14(12)18-16/h2-10,18H,1H3,(H,17,19). The van der Waals surface area contributed by atoms with E-state index in [0.717, 1.165) is 27.8 Å². The molecule has 0 aliphatic rings. The quantitative estimate of drug-likeness (QED) is 0.714. The second-order valence-electron chi connectivity index (χ2n) is 4.50. The van der Waals surface area contributed by atoms with Crippen molar-refractivity contribution in [1.82, 2.24) is 4.98 Å². The van der Waals surface area contributed by atoms with E-state index < -0.39 is 0 Å². The minimum atomic E-state index is -0.0661. The zero-order chi connectivity index (χ0) is 13.2. The van der Waals surface area contributed by atoms with E-state index in [1.54, 1.807) is 0 Å². The van der Waals surface area contributed by atoms with Crippen molar-refractivity contribution in [2.24, 2.45) is 0 Å². The number of hydrogen-bond acceptors (Lipinski definition) is 1. The van der Waals surface area contributed by atoms with Gasteiger partial charge in [0.15, 0.2) is 0 Å². The number of benzene rings is 2. The van der Waals surface area contributed by atoms with E-state index in [4.69, 9.17) is 0 Å². The molecule has 0 unspecified atom stereocenters. The highest BCUT2D eigenvalue weighted by atomic mass is 16.1. The van der Waals surface area contributed by atoms with Crippen molar-refractivity contribution < 1.29 is 4.79 Å². The molecule has 3 rings (SSSR count). The molecule has 1 heterocycles. The summed E-state index contributed by atoms with van der Waals surface area (Å²) in [4.78, 5) is 14.6. The van der Waals surface area contributed by atoms with Gasteiger partial charge >= 0.3 is 0 Å². The number of carbonyl (C=O) groups excluding carboxylic acids is 1. The summed E-state index contributed by atoms with van der Waals surface area (Å²) < 4.78 is 0. The van der Waals surface area contributed by atoms with Crippen LogP contribution in [-0.2, 0) is 4.79 Å². The van der Waals surface area contributed by atoms with E-state index >= 15 is 0 Å². The van der Waals surface area contributed by atoms with Crippen LogP contribution in [0, 0.1) is 0 Å². The molecule has 0 fully saturated rings. The van der Waals surface area contributed by atoms with Gasteiger partial charge in [0.2, 0.25) is 5.91 Å². The van der Waals surface area contributed by atoms with E-state index in [2.05, 4.69) is 22.4 Å². The number of fused-ring (bicyclic) bond motifs is 1. The van der Waals surface area contributed by atoms with Crippen LogP contribution in [0.3, 0.4) is 0 Å². The topological polar surface area (TPSA) is 44.9 Å². The molecule has 0 saturated heterocycles. The number of rotatable bonds is 2. The first-order valence-corrected chi connectivity index (χ1v) is 6.19. The molecule has 2 aromatic carbocycles. The summed E-state index contributed by atoms with van der Waals surface area (Å²) in [5.41, 5.74) is 3.91. The van der Waals surface area contributed by atoms with Gasteiger partial charge in [-0.05, 0) is 18.2 Å². The third-order valence-electron chi connectivity index (χ3n) is 3.06. The monoisotopic (exact) mass is 250 g/mol. The molecule has 3 nitrogen and oxygen atoms in total. The van der Waals surface area contributed by atoms with Crippen LogP contribution in [0.4, 0.5) is 5.69 Å². The second-order valence-corrected chi connectivity index (χ2v) is 4.50. The molecular formula is C16H14N2O. The first kappa shape index (κ1) is 11.5. The molecule has 0 spiro atoms. The van der Waals surface area contributed by atoms with E-state index in [-0.39, 0.29) is 5.91 Å². The van der Waals surface area contributed by atoms with Crippen molar-refractivity contribution in [2.45, 2.75) is 6.92 Å². The lowest BCUT2D eigenvalue weighted by Gasteiger charge is -2.07. The molecule has 1 amide bonds. The van der Waals surface area contributed by atoms with E-state index in [1.165, 1.54) is 6.92 Å². The first-order chi connectivity index (χ1) is 9.24. The maximum atomic E-state index is 11.2. The summed E-state index contributed by atoms with van der Waals surface area (Å²) >= 11 is 0. The SMILES string of the molecule is CC(=O)Nc1ccccc1-c1cc2ccccc2[nH]1. The van der Waals surface area contributed by atoms with Crippen LogP contribution in [0.1, 0.15) is 6.92 Å². The van der Waals surface area contributed by atoms with Gasteiger partial charge in [-0.3, -0.25) is 4.79 Å². The number of hydrogen-bond donors (Lipinski definition) is 2. The lowest BCUT2D eigenvalue weighted by Crippen LogP contribution is -2.06. The Kier molecular flexibility index (Phi) is 2.80. The largest absolute Gasteiger partial charge is 0.354 e. The Labute approximate surface area is 111 Å². The first-order valence-electron chi connectivity index (χ1n) is 6.19. The fourth-order valence-corrected chi connectivity index (χ4v) is 2.24. The summed E-state index contributed by atoms with van der Waals surface area (Å²) in [5.74, 6) is -0.0661. The van der Waals surface area contributed by atoms with Crippen LogP contribution >= 0.6 is 0 Å². The van der Waals surface area contributed by atoms with Gasteiger partial charge in [0.1, 0.15) is 0 Å². The summed E-state index contributed by atoms with van der Waals surface area (Å²) in [6.07, 6.45) is 0. The lowest BCUT2D eigenvalue weighted by atomic mass is 10.1. The highest BCUT2D eigenvalue weighted by Gasteiger charge is 2.08. The molecule has 94 valence electrons. The number of H-pyrrole nitrogens is 1. The summed E-state index contributed by atoms with van der Waals surface area (Å²) in [6, 6.07) is 18.0. The molecule has 0 radical (unpaired) electrons. The minimum absolute atomic E-state index is 0.0661. The molecule has 0 bridgehead atoms. The van der Waals surface area contributed by atoms with Crippen molar-refractivity contribution in [3.05, 3.63) is 54.6 Å². The van der Waals surface area contributed by atoms with Crippen LogP contribution in [0.5, 0.6) is 0 Å². The average molecular weight is 250 g/mol.